The first kappa shape index (κ1) is 23.5. The van der Waals surface area contributed by atoms with Crippen molar-refractivity contribution in [1.29, 1.82) is 0 Å². The third kappa shape index (κ3) is 7.54. The molecule has 0 saturated carbocycles. The average Bonchev–Trinajstić information content (AvgIpc) is 2.72. The molecule has 0 saturated heterocycles. The van der Waals surface area contributed by atoms with Gasteiger partial charge in [0.15, 0.2) is 0 Å². The van der Waals surface area contributed by atoms with E-state index in [9.17, 15) is 9.59 Å². The van der Waals surface area contributed by atoms with Crippen LogP contribution in [0.5, 0.6) is 5.75 Å². The molecule has 0 aromatic heterocycles. The molecule has 0 radical (unpaired) electrons. The van der Waals surface area contributed by atoms with Gasteiger partial charge in [0.1, 0.15) is 11.8 Å². The van der Waals surface area contributed by atoms with Crippen LogP contribution in [-0.2, 0) is 16.1 Å². The summed E-state index contributed by atoms with van der Waals surface area (Å²) in [5.41, 5.74) is 2.18. The van der Waals surface area contributed by atoms with E-state index in [-0.39, 0.29) is 17.9 Å². The van der Waals surface area contributed by atoms with E-state index in [1.807, 2.05) is 82.3 Å². The Morgan fingerprint density at radius 2 is 1.70 bits per heavy atom. The minimum Gasteiger partial charge on any atom is -0.494 e. The van der Waals surface area contributed by atoms with Gasteiger partial charge in [-0.15, -0.1) is 0 Å². The van der Waals surface area contributed by atoms with E-state index < -0.39 is 6.04 Å². The summed E-state index contributed by atoms with van der Waals surface area (Å²) in [6.45, 7) is 8.71. The number of nitrogens with one attached hydrogen (secondary N) is 1. The molecule has 0 aliphatic rings. The summed E-state index contributed by atoms with van der Waals surface area (Å²) in [5.74, 6) is 0.663. The first-order chi connectivity index (χ1) is 14.4. The van der Waals surface area contributed by atoms with E-state index in [0.29, 0.717) is 32.4 Å². The average molecular weight is 411 g/mol. The summed E-state index contributed by atoms with van der Waals surface area (Å²) in [4.78, 5) is 27.6. The molecule has 0 aliphatic carbocycles. The largest absolute Gasteiger partial charge is 0.494 e. The Hall–Kier alpha value is -2.82. The third-order valence-electron chi connectivity index (χ3n) is 4.84. The van der Waals surface area contributed by atoms with Crippen LogP contribution in [0.2, 0.25) is 0 Å². The van der Waals surface area contributed by atoms with Gasteiger partial charge in [-0.1, -0.05) is 55.0 Å². The maximum absolute atomic E-state index is 13.1. The number of benzene rings is 2. The van der Waals surface area contributed by atoms with Crippen molar-refractivity contribution >= 4 is 11.8 Å². The van der Waals surface area contributed by atoms with E-state index in [2.05, 4.69) is 5.32 Å². The van der Waals surface area contributed by atoms with E-state index in [1.165, 1.54) is 5.56 Å². The predicted molar refractivity (Wildman–Crippen MR) is 120 cm³/mol. The molecule has 0 unspecified atom stereocenters. The van der Waals surface area contributed by atoms with Crippen LogP contribution in [0.25, 0.3) is 0 Å². The molecular formula is C25H34N2O3. The SMILES string of the molecule is CC[C@H](C(=O)NC(C)C)N(Cc1ccc(C)cc1)C(=O)CCCOc1ccccc1. The van der Waals surface area contributed by atoms with Gasteiger partial charge in [0.25, 0.3) is 0 Å². The van der Waals surface area contributed by atoms with Crippen molar-refractivity contribution in [2.75, 3.05) is 6.61 Å². The van der Waals surface area contributed by atoms with Gasteiger partial charge < -0.3 is 15.0 Å². The van der Waals surface area contributed by atoms with Gasteiger partial charge in [-0.3, -0.25) is 9.59 Å². The molecule has 5 heteroatoms. The number of ether oxygens (including phenoxy) is 1. The Balaban J connectivity index is 2.05. The number of carbonyl (C=O) groups is 2. The number of nitrogens with zero attached hydrogens (tertiary/aromatic N) is 1. The lowest BCUT2D eigenvalue weighted by Crippen LogP contribution is -2.50. The minimum atomic E-state index is -0.490. The van der Waals surface area contributed by atoms with Gasteiger partial charge in [0.05, 0.1) is 6.61 Å². The standard InChI is InChI=1S/C25H34N2O3/c1-5-23(25(29)26-19(2)3)27(18-21-15-13-20(4)14-16-21)24(28)12-9-17-30-22-10-7-6-8-11-22/h6-8,10-11,13-16,19,23H,5,9,12,17-18H2,1-4H3,(H,26,29)/t23-/m1/s1. The Labute approximate surface area is 180 Å². The van der Waals surface area contributed by atoms with Crippen LogP contribution in [0.3, 0.4) is 0 Å². The number of para-hydroxylation sites is 1. The van der Waals surface area contributed by atoms with Crippen LogP contribution in [0.4, 0.5) is 0 Å². The zero-order valence-corrected chi connectivity index (χ0v) is 18.6. The molecule has 5 nitrogen and oxygen atoms in total. The molecule has 0 bridgehead atoms. The predicted octanol–water partition coefficient (Wildman–Crippen LogP) is 4.49. The van der Waals surface area contributed by atoms with Gasteiger partial charge in [-0.25, -0.2) is 0 Å². The summed E-state index contributed by atoms with van der Waals surface area (Å²) in [7, 11) is 0. The van der Waals surface area contributed by atoms with Crippen LogP contribution in [0, 0.1) is 6.92 Å². The Bertz CT molecular complexity index is 788. The van der Waals surface area contributed by atoms with Crippen LogP contribution >= 0.6 is 0 Å². The van der Waals surface area contributed by atoms with Gasteiger partial charge in [0, 0.05) is 19.0 Å². The maximum Gasteiger partial charge on any atom is 0.243 e. The zero-order valence-electron chi connectivity index (χ0n) is 18.6. The van der Waals surface area contributed by atoms with Crippen molar-refractivity contribution in [3.05, 3.63) is 65.7 Å². The second-order valence-electron chi connectivity index (χ2n) is 7.86. The molecule has 162 valence electrons. The number of amides is 2. The zero-order chi connectivity index (χ0) is 21.9. The highest BCUT2D eigenvalue weighted by Gasteiger charge is 2.28. The lowest BCUT2D eigenvalue weighted by molar-refractivity contribution is -0.141. The minimum absolute atomic E-state index is 0.0296. The second-order valence-corrected chi connectivity index (χ2v) is 7.86. The fraction of sp³-hybridized carbons (Fsp3) is 0.440. The van der Waals surface area contributed by atoms with Crippen LogP contribution in [0.1, 0.15) is 51.2 Å². The van der Waals surface area contributed by atoms with Crippen molar-refractivity contribution in [2.24, 2.45) is 0 Å². The van der Waals surface area contributed by atoms with Crippen LogP contribution < -0.4 is 10.1 Å². The van der Waals surface area contributed by atoms with Crippen LogP contribution in [-0.4, -0.2) is 35.4 Å². The third-order valence-corrected chi connectivity index (χ3v) is 4.84. The quantitative estimate of drug-likeness (QED) is 0.556. The number of hydrogen-bond donors (Lipinski definition) is 1. The normalized spacial score (nSPS) is 11.8. The molecule has 0 aliphatic heterocycles. The Morgan fingerprint density at radius 1 is 1.03 bits per heavy atom. The van der Waals surface area contributed by atoms with E-state index >= 15 is 0 Å². The maximum atomic E-state index is 13.1. The van der Waals surface area contributed by atoms with Gasteiger partial charge in [-0.2, -0.15) is 0 Å². The van der Waals surface area contributed by atoms with Crippen LogP contribution in [0.15, 0.2) is 54.6 Å². The number of carbonyl (C=O) groups excluding carboxylic acids is 2. The van der Waals surface area contributed by atoms with Gasteiger partial charge >= 0.3 is 0 Å². The summed E-state index contributed by atoms with van der Waals surface area (Å²) in [6.07, 6.45) is 1.50. The molecule has 0 heterocycles. The highest BCUT2D eigenvalue weighted by molar-refractivity contribution is 5.87. The molecule has 2 amide bonds. The molecule has 2 aromatic carbocycles. The fourth-order valence-corrected chi connectivity index (χ4v) is 3.26. The summed E-state index contributed by atoms with van der Waals surface area (Å²) in [6, 6.07) is 17.2. The molecule has 0 spiro atoms. The first-order valence-electron chi connectivity index (χ1n) is 10.7. The second kappa shape index (κ2) is 12.0. The summed E-state index contributed by atoms with van der Waals surface area (Å²) in [5, 5.41) is 2.96. The first-order valence-corrected chi connectivity index (χ1v) is 10.7. The number of rotatable bonds is 11. The summed E-state index contributed by atoms with van der Waals surface area (Å²) < 4.78 is 5.70. The lowest BCUT2D eigenvalue weighted by atomic mass is 10.1. The topological polar surface area (TPSA) is 58.6 Å². The molecular weight excluding hydrogens is 376 g/mol. The highest BCUT2D eigenvalue weighted by atomic mass is 16.5. The van der Waals surface area contributed by atoms with Gasteiger partial charge in [0.2, 0.25) is 11.8 Å². The molecule has 1 N–H and O–H groups in total. The molecule has 2 aromatic rings. The smallest absolute Gasteiger partial charge is 0.243 e. The van der Waals surface area contributed by atoms with Crippen molar-refractivity contribution in [1.82, 2.24) is 10.2 Å². The Kier molecular flexibility index (Phi) is 9.39. The van der Waals surface area contributed by atoms with E-state index in [0.717, 1.165) is 11.3 Å². The number of hydrogen-bond acceptors (Lipinski definition) is 3. The molecule has 30 heavy (non-hydrogen) atoms. The van der Waals surface area contributed by atoms with Crippen molar-refractivity contribution in [3.8, 4) is 5.75 Å². The fourth-order valence-electron chi connectivity index (χ4n) is 3.26. The lowest BCUT2D eigenvalue weighted by Gasteiger charge is -2.31. The van der Waals surface area contributed by atoms with Gasteiger partial charge in [-0.05, 0) is 51.3 Å². The molecule has 2 rings (SSSR count). The molecule has 0 fully saturated rings. The van der Waals surface area contributed by atoms with Crippen molar-refractivity contribution < 1.29 is 14.3 Å². The van der Waals surface area contributed by atoms with Crippen molar-refractivity contribution in [2.45, 2.75) is 65.6 Å². The Morgan fingerprint density at radius 3 is 2.30 bits per heavy atom. The highest BCUT2D eigenvalue weighted by Crippen LogP contribution is 2.16. The monoisotopic (exact) mass is 410 g/mol. The number of aryl methyl sites for hydroxylation is 1. The summed E-state index contributed by atoms with van der Waals surface area (Å²) >= 11 is 0. The van der Waals surface area contributed by atoms with Crippen molar-refractivity contribution in [3.63, 3.8) is 0 Å². The van der Waals surface area contributed by atoms with E-state index in [1.54, 1.807) is 4.90 Å². The molecule has 1 atom stereocenters. The van der Waals surface area contributed by atoms with E-state index in [4.69, 9.17) is 4.74 Å².